The van der Waals surface area contributed by atoms with Crippen molar-refractivity contribution in [3.05, 3.63) is 24.2 Å². The lowest BCUT2D eigenvalue weighted by atomic mass is 9.93. The minimum atomic E-state index is -0.565. The van der Waals surface area contributed by atoms with Crippen LogP contribution in [0.3, 0.4) is 0 Å². The molecule has 0 radical (unpaired) electrons. The first-order chi connectivity index (χ1) is 14.1. The summed E-state index contributed by atoms with van der Waals surface area (Å²) in [6, 6.07) is 3.56. The molecule has 30 heavy (non-hydrogen) atoms. The lowest BCUT2D eigenvalue weighted by molar-refractivity contribution is -0.119. The molecule has 1 heterocycles. The van der Waals surface area contributed by atoms with Gasteiger partial charge in [0.2, 0.25) is 5.91 Å². The van der Waals surface area contributed by atoms with Gasteiger partial charge in [0.15, 0.2) is 5.96 Å². The van der Waals surface area contributed by atoms with E-state index in [1.807, 2.05) is 41.5 Å². The van der Waals surface area contributed by atoms with Crippen molar-refractivity contribution in [2.24, 2.45) is 4.99 Å². The third-order valence-electron chi connectivity index (χ3n) is 4.48. The lowest BCUT2D eigenvalue weighted by Crippen LogP contribution is -2.57. The summed E-state index contributed by atoms with van der Waals surface area (Å²) in [6.07, 6.45) is 2.52. The quantitative estimate of drug-likeness (QED) is 0.339. The summed E-state index contributed by atoms with van der Waals surface area (Å²) in [4.78, 5) is 28.7. The van der Waals surface area contributed by atoms with E-state index < -0.39 is 17.2 Å². The average Bonchev–Trinajstić information content (AvgIpc) is 3.19. The minimum absolute atomic E-state index is 0.0270. The molecule has 0 aliphatic carbocycles. The van der Waals surface area contributed by atoms with Crippen LogP contribution >= 0.6 is 0 Å². The molecule has 0 aliphatic heterocycles. The van der Waals surface area contributed by atoms with Crippen molar-refractivity contribution in [1.82, 2.24) is 21.3 Å². The Bertz CT molecular complexity index is 676. The summed E-state index contributed by atoms with van der Waals surface area (Å²) in [5.74, 6) is 0.969. The average molecular weight is 424 g/mol. The normalized spacial score (nSPS) is 12.3. The van der Waals surface area contributed by atoms with Crippen LogP contribution in [0.4, 0.5) is 4.79 Å². The highest BCUT2D eigenvalue weighted by Gasteiger charge is 2.30. The van der Waals surface area contributed by atoms with Gasteiger partial charge in [0.25, 0.3) is 0 Å². The second kappa shape index (κ2) is 12.1. The van der Waals surface area contributed by atoms with Crippen LogP contribution in [0.25, 0.3) is 0 Å². The number of carbonyl (C=O) groups excluding carboxylic acids is 2. The number of nitrogens with one attached hydrogen (secondary N) is 4. The summed E-state index contributed by atoms with van der Waals surface area (Å²) in [6.45, 7) is 12.8. The van der Waals surface area contributed by atoms with Gasteiger partial charge in [-0.15, -0.1) is 0 Å². The third-order valence-corrected chi connectivity index (χ3v) is 4.48. The number of aliphatic imine (C=N–C) groups is 1. The molecular formula is C21H37N5O4. The fourth-order valence-electron chi connectivity index (χ4n) is 2.64. The van der Waals surface area contributed by atoms with Gasteiger partial charge in [0.05, 0.1) is 18.3 Å². The van der Waals surface area contributed by atoms with Crippen molar-refractivity contribution in [3.63, 3.8) is 0 Å². The van der Waals surface area contributed by atoms with Crippen molar-refractivity contribution in [1.29, 1.82) is 0 Å². The van der Waals surface area contributed by atoms with Crippen molar-refractivity contribution >= 4 is 18.0 Å². The predicted octanol–water partition coefficient (Wildman–Crippen LogP) is 2.53. The second-order valence-electron chi connectivity index (χ2n) is 8.02. The molecule has 0 saturated carbocycles. The first-order valence-corrected chi connectivity index (χ1v) is 10.5. The van der Waals surface area contributed by atoms with Crippen molar-refractivity contribution < 1.29 is 18.7 Å². The second-order valence-corrected chi connectivity index (χ2v) is 8.02. The molecule has 2 amide bonds. The zero-order valence-electron chi connectivity index (χ0n) is 19.1. The number of ether oxygens (including phenoxy) is 1. The molecule has 9 heteroatoms. The zero-order chi connectivity index (χ0) is 22.6. The van der Waals surface area contributed by atoms with Gasteiger partial charge >= 0.3 is 6.09 Å². The number of alkyl carbamates (subject to hydrolysis) is 1. The number of hydrogen-bond acceptors (Lipinski definition) is 5. The van der Waals surface area contributed by atoms with Gasteiger partial charge < -0.3 is 30.4 Å². The SMILES string of the molecule is CCNC(=NCC(=O)NCc1ccco1)NCC(CC)(CC)NC(=O)OC(C)(C)C. The standard InChI is InChI=1S/C21H37N5O4/c1-7-21(8-2,26-19(28)30-20(4,5)6)15-25-18(22-9-3)24-14-17(27)23-13-16-11-10-12-29-16/h10-12H,7-9,13-15H2,1-6H3,(H,23,27)(H,26,28)(H2,22,24,25). The number of carbonyl (C=O) groups is 2. The molecule has 1 aromatic heterocycles. The Morgan fingerprint density at radius 2 is 1.80 bits per heavy atom. The monoisotopic (exact) mass is 423 g/mol. The third kappa shape index (κ3) is 9.67. The van der Waals surface area contributed by atoms with E-state index in [4.69, 9.17) is 9.15 Å². The summed E-state index contributed by atoms with van der Waals surface area (Å²) in [5, 5.41) is 12.1. The van der Waals surface area contributed by atoms with Gasteiger partial charge in [-0.25, -0.2) is 9.79 Å². The van der Waals surface area contributed by atoms with Crippen LogP contribution < -0.4 is 21.3 Å². The Labute approximate surface area is 179 Å². The van der Waals surface area contributed by atoms with E-state index in [9.17, 15) is 9.59 Å². The molecule has 0 fully saturated rings. The largest absolute Gasteiger partial charge is 0.467 e. The Balaban J connectivity index is 2.65. The van der Waals surface area contributed by atoms with Crippen molar-refractivity contribution in [2.75, 3.05) is 19.6 Å². The van der Waals surface area contributed by atoms with Crippen LogP contribution in [0.5, 0.6) is 0 Å². The van der Waals surface area contributed by atoms with Crippen LogP contribution in [-0.2, 0) is 16.1 Å². The Hall–Kier alpha value is -2.71. The van der Waals surface area contributed by atoms with Crippen LogP contribution in [0.1, 0.15) is 60.1 Å². The van der Waals surface area contributed by atoms with Gasteiger partial charge in [0, 0.05) is 13.1 Å². The van der Waals surface area contributed by atoms with Gasteiger partial charge in [-0.1, -0.05) is 13.8 Å². The van der Waals surface area contributed by atoms with Crippen LogP contribution in [0.2, 0.25) is 0 Å². The summed E-state index contributed by atoms with van der Waals surface area (Å²) < 4.78 is 10.6. The minimum Gasteiger partial charge on any atom is -0.467 e. The highest BCUT2D eigenvalue weighted by atomic mass is 16.6. The first-order valence-electron chi connectivity index (χ1n) is 10.5. The molecule has 0 unspecified atom stereocenters. The highest BCUT2D eigenvalue weighted by molar-refractivity contribution is 5.85. The van der Waals surface area contributed by atoms with E-state index in [0.29, 0.717) is 44.2 Å². The number of amides is 2. The van der Waals surface area contributed by atoms with E-state index in [1.54, 1.807) is 18.4 Å². The maximum Gasteiger partial charge on any atom is 0.408 e. The Morgan fingerprint density at radius 3 is 2.33 bits per heavy atom. The molecule has 0 spiro atoms. The Kier molecular flexibility index (Phi) is 10.2. The number of furan rings is 1. The maximum absolute atomic E-state index is 12.3. The fraction of sp³-hybridized carbons (Fsp3) is 0.667. The molecule has 9 nitrogen and oxygen atoms in total. The molecule has 0 bridgehead atoms. The topological polar surface area (TPSA) is 117 Å². The smallest absolute Gasteiger partial charge is 0.408 e. The highest BCUT2D eigenvalue weighted by Crippen LogP contribution is 2.16. The summed E-state index contributed by atoms with van der Waals surface area (Å²) in [7, 11) is 0. The van der Waals surface area contributed by atoms with Gasteiger partial charge in [-0.2, -0.15) is 0 Å². The molecular weight excluding hydrogens is 386 g/mol. The van der Waals surface area contributed by atoms with E-state index in [1.165, 1.54) is 0 Å². The van der Waals surface area contributed by atoms with Crippen molar-refractivity contribution in [2.45, 2.75) is 72.1 Å². The molecule has 1 aromatic rings. The van der Waals surface area contributed by atoms with Crippen molar-refractivity contribution in [3.8, 4) is 0 Å². The van der Waals surface area contributed by atoms with E-state index in [2.05, 4.69) is 26.3 Å². The predicted molar refractivity (Wildman–Crippen MR) is 117 cm³/mol. The van der Waals surface area contributed by atoms with E-state index in [0.717, 1.165) is 0 Å². The number of rotatable bonds is 10. The molecule has 0 aromatic carbocycles. The number of guanidine groups is 1. The summed E-state index contributed by atoms with van der Waals surface area (Å²) in [5.41, 5.74) is -1.07. The molecule has 4 N–H and O–H groups in total. The molecule has 1 rings (SSSR count). The number of nitrogens with zero attached hydrogens (tertiary/aromatic N) is 1. The zero-order valence-corrected chi connectivity index (χ0v) is 19.1. The van der Waals surface area contributed by atoms with E-state index in [-0.39, 0.29) is 12.5 Å². The number of hydrogen-bond donors (Lipinski definition) is 4. The van der Waals surface area contributed by atoms with E-state index >= 15 is 0 Å². The fourth-order valence-corrected chi connectivity index (χ4v) is 2.64. The molecule has 0 aliphatic rings. The van der Waals surface area contributed by atoms with Gasteiger partial charge in [-0.3, -0.25) is 4.79 Å². The van der Waals surface area contributed by atoms with Crippen LogP contribution in [0, 0.1) is 0 Å². The van der Waals surface area contributed by atoms with Crippen LogP contribution in [0.15, 0.2) is 27.8 Å². The summed E-state index contributed by atoms with van der Waals surface area (Å²) >= 11 is 0. The first kappa shape index (κ1) is 25.3. The molecule has 170 valence electrons. The maximum atomic E-state index is 12.3. The molecule has 0 saturated heterocycles. The van der Waals surface area contributed by atoms with Crippen LogP contribution in [-0.4, -0.2) is 48.7 Å². The van der Waals surface area contributed by atoms with Gasteiger partial charge in [-0.05, 0) is 52.7 Å². The Morgan fingerprint density at radius 1 is 1.10 bits per heavy atom. The lowest BCUT2D eigenvalue weighted by Gasteiger charge is -2.34. The molecule has 0 atom stereocenters. The van der Waals surface area contributed by atoms with Gasteiger partial charge in [0.1, 0.15) is 17.9 Å².